The van der Waals surface area contributed by atoms with Crippen molar-refractivity contribution in [2.75, 3.05) is 11.6 Å². The molecule has 0 aliphatic rings. The normalized spacial score (nSPS) is 11.7. The molecule has 0 aliphatic carbocycles. The molecule has 2 rings (SSSR count). The van der Waals surface area contributed by atoms with Crippen molar-refractivity contribution < 1.29 is 13.9 Å². The zero-order valence-electron chi connectivity index (χ0n) is 12.0. The van der Waals surface area contributed by atoms with Crippen molar-refractivity contribution in [3.05, 3.63) is 63.7 Å². The highest BCUT2D eigenvalue weighted by Gasteiger charge is 2.18. The van der Waals surface area contributed by atoms with Crippen molar-refractivity contribution in [1.82, 2.24) is 0 Å². The smallest absolute Gasteiger partial charge is 0.273 e. The van der Waals surface area contributed by atoms with Gasteiger partial charge in [0.15, 0.2) is 0 Å². The molecule has 0 radical (unpaired) electrons. The average Bonchev–Trinajstić information content (AvgIpc) is 2.47. The SMILES string of the molecule is Cc1c(C(=O)Nc2cccc(S(C)=O)c2)cccc1[N+](=O)[O-]. The molecule has 6 nitrogen and oxygen atoms in total. The minimum Gasteiger partial charge on any atom is -0.322 e. The number of nitro benzene ring substituents is 1. The van der Waals surface area contributed by atoms with Gasteiger partial charge in [0.2, 0.25) is 0 Å². The van der Waals surface area contributed by atoms with Gasteiger partial charge in [-0.05, 0) is 31.2 Å². The number of nitrogens with zero attached hydrogens (tertiary/aromatic N) is 1. The maximum Gasteiger partial charge on any atom is 0.273 e. The van der Waals surface area contributed by atoms with Crippen LogP contribution in [0.2, 0.25) is 0 Å². The maximum absolute atomic E-state index is 12.3. The van der Waals surface area contributed by atoms with E-state index < -0.39 is 21.6 Å². The van der Waals surface area contributed by atoms with Crippen LogP contribution in [-0.4, -0.2) is 21.3 Å². The van der Waals surface area contributed by atoms with Gasteiger partial charge in [0.1, 0.15) is 0 Å². The Balaban J connectivity index is 2.30. The predicted molar refractivity (Wildman–Crippen MR) is 84.6 cm³/mol. The van der Waals surface area contributed by atoms with Crippen LogP contribution < -0.4 is 5.32 Å². The molecule has 1 amide bonds. The third kappa shape index (κ3) is 3.37. The molecule has 2 aromatic carbocycles. The highest BCUT2D eigenvalue weighted by atomic mass is 32.2. The lowest BCUT2D eigenvalue weighted by Gasteiger charge is -2.08. The first-order valence-electron chi connectivity index (χ1n) is 6.39. The van der Waals surface area contributed by atoms with E-state index in [1.807, 2.05) is 0 Å². The third-order valence-corrected chi connectivity index (χ3v) is 4.09. The van der Waals surface area contributed by atoms with Crippen molar-refractivity contribution in [2.24, 2.45) is 0 Å². The number of rotatable bonds is 4. The minimum atomic E-state index is -1.15. The second-order valence-corrected chi connectivity index (χ2v) is 6.02. The van der Waals surface area contributed by atoms with Gasteiger partial charge in [0.25, 0.3) is 11.6 Å². The van der Waals surface area contributed by atoms with Gasteiger partial charge >= 0.3 is 0 Å². The van der Waals surface area contributed by atoms with E-state index >= 15 is 0 Å². The van der Waals surface area contributed by atoms with E-state index in [-0.39, 0.29) is 11.3 Å². The first-order valence-corrected chi connectivity index (χ1v) is 7.95. The molecular formula is C15H14N2O4S. The van der Waals surface area contributed by atoms with E-state index in [1.165, 1.54) is 25.1 Å². The van der Waals surface area contributed by atoms with Gasteiger partial charge in [-0.1, -0.05) is 12.1 Å². The van der Waals surface area contributed by atoms with Gasteiger partial charge in [-0.15, -0.1) is 0 Å². The minimum absolute atomic E-state index is 0.101. The van der Waals surface area contributed by atoms with Gasteiger partial charge in [0, 0.05) is 44.8 Å². The molecule has 0 aromatic heterocycles. The van der Waals surface area contributed by atoms with Crippen LogP contribution in [0.1, 0.15) is 15.9 Å². The number of nitro groups is 1. The second-order valence-electron chi connectivity index (χ2n) is 4.64. The summed E-state index contributed by atoms with van der Waals surface area (Å²) in [6.07, 6.45) is 1.55. The summed E-state index contributed by atoms with van der Waals surface area (Å²) in [5, 5.41) is 13.6. The highest BCUT2D eigenvalue weighted by Crippen LogP contribution is 2.22. The summed E-state index contributed by atoms with van der Waals surface area (Å²) in [5.41, 5.74) is 0.928. The zero-order valence-corrected chi connectivity index (χ0v) is 12.8. The van der Waals surface area contributed by atoms with E-state index in [4.69, 9.17) is 0 Å². The van der Waals surface area contributed by atoms with Crippen molar-refractivity contribution in [3.63, 3.8) is 0 Å². The van der Waals surface area contributed by atoms with Gasteiger partial charge in [-0.3, -0.25) is 19.1 Å². The largest absolute Gasteiger partial charge is 0.322 e. The Morgan fingerprint density at radius 1 is 1.23 bits per heavy atom. The third-order valence-electron chi connectivity index (χ3n) is 3.17. The van der Waals surface area contributed by atoms with Crippen molar-refractivity contribution in [3.8, 4) is 0 Å². The molecule has 0 fully saturated rings. The van der Waals surface area contributed by atoms with E-state index in [9.17, 15) is 19.1 Å². The Kier molecular flexibility index (Phi) is 4.67. The quantitative estimate of drug-likeness (QED) is 0.693. The monoisotopic (exact) mass is 318 g/mol. The lowest BCUT2D eigenvalue weighted by Crippen LogP contribution is -2.14. The molecule has 0 heterocycles. The molecule has 0 bridgehead atoms. The fourth-order valence-corrected chi connectivity index (χ4v) is 2.58. The summed E-state index contributed by atoms with van der Waals surface area (Å²) >= 11 is 0. The van der Waals surface area contributed by atoms with Crippen molar-refractivity contribution >= 4 is 28.1 Å². The number of carbonyl (C=O) groups is 1. The highest BCUT2D eigenvalue weighted by molar-refractivity contribution is 7.84. The summed E-state index contributed by atoms with van der Waals surface area (Å²) in [6.45, 7) is 1.53. The second kappa shape index (κ2) is 6.48. The standard InChI is InChI=1S/C15H14N2O4S/c1-10-13(7-4-8-14(10)17(19)20)15(18)16-11-5-3-6-12(9-11)22(2)21/h3-9H,1-2H3,(H,16,18). The fourth-order valence-electron chi connectivity index (χ4n) is 2.02. The first kappa shape index (κ1) is 15.8. The van der Waals surface area contributed by atoms with E-state index in [2.05, 4.69) is 5.32 Å². The van der Waals surface area contributed by atoms with Gasteiger partial charge in [0.05, 0.1) is 4.92 Å². The zero-order chi connectivity index (χ0) is 16.3. The van der Waals surface area contributed by atoms with Crippen LogP contribution in [0.5, 0.6) is 0 Å². The number of carbonyl (C=O) groups excluding carboxylic acids is 1. The summed E-state index contributed by atoms with van der Waals surface area (Å²) in [6, 6.07) is 11.0. The average molecular weight is 318 g/mol. The first-order chi connectivity index (χ1) is 10.4. The molecule has 1 N–H and O–H groups in total. The molecule has 0 aliphatic heterocycles. The molecule has 114 valence electrons. The molecule has 1 atom stereocenters. The molecule has 1 unspecified atom stereocenters. The van der Waals surface area contributed by atoms with E-state index in [0.717, 1.165) is 0 Å². The number of hydrogen-bond acceptors (Lipinski definition) is 4. The van der Waals surface area contributed by atoms with E-state index in [1.54, 1.807) is 30.5 Å². The summed E-state index contributed by atoms with van der Waals surface area (Å²) < 4.78 is 11.5. The Morgan fingerprint density at radius 3 is 2.55 bits per heavy atom. The number of anilines is 1. The van der Waals surface area contributed by atoms with Crippen LogP contribution >= 0.6 is 0 Å². The summed E-state index contributed by atoms with van der Waals surface area (Å²) in [4.78, 5) is 23.3. The molecule has 0 spiro atoms. The number of nitrogens with one attached hydrogen (secondary N) is 1. The van der Waals surface area contributed by atoms with Crippen LogP contribution in [0.4, 0.5) is 11.4 Å². The van der Waals surface area contributed by atoms with Crippen LogP contribution in [0.15, 0.2) is 47.4 Å². The molecule has 22 heavy (non-hydrogen) atoms. The Morgan fingerprint density at radius 2 is 1.91 bits per heavy atom. The van der Waals surface area contributed by atoms with Crippen LogP contribution in [0, 0.1) is 17.0 Å². The van der Waals surface area contributed by atoms with Crippen LogP contribution in [0.25, 0.3) is 0 Å². The predicted octanol–water partition coefficient (Wildman–Crippen LogP) is 2.89. The Labute approximate surface area is 129 Å². The number of amides is 1. The summed E-state index contributed by atoms with van der Waals surface area (Å²) in [5.74, 6) is -0.444. The molecule has 0 saturated heterocycles. The Hall–Kier alpha value is -2.54. The van der Waals surface area contributed by atoms with Crippen LogP contribution in [0.3, 0.4) is 0 Å². The van der Waals surface area contributed by atoms with Gasteiger partial charge in [-0.25, -0.2) is 0 Å². The van der Waals surface area contributed by atoms with Crippen molar-refractivity contribution in [1.29, 1.82) is 0 Å². The lowest BCUT2D eigenvalue weighted by molar-refractivity contribution is -0.385. The Bertz CT molecular complexity index is 774. The summed E-state index contributed by atoms with van der Waals surface area (Å²) in [7, 11) is -1.15. The lowest BCUT2D eigenvalue weighted by atomic mass is 10.1. The van der Waals surface area contributed by atoms with Gasteiger partial charge in [-0.2, -0.15) is 0 Å². The van der Waals surface area contributed by atoms with Gasteiger partial charge < -0.3 is 5.32 Å². The fraction of sp³-hybridized carbons (Fsp3) is 0.133. The molecule has 7 heteroatoms. The maximum atomic E-state index is 12.3. The number of benzene rings is 2. The molecule has 2 aromatic rings. The van der Waals surface area contributed by atoms with Crippen LogP contribution in [-0.2, 0) is 10.8 Å². The molecular weight excluding hydrogens is 304 g/mol. The topological polar surface area (TPSA) is 89.3 Å². The number of hydrogen-bond donors (Lipinski definition) is 1. The molecule has 0 saturated carbocycles. The van der Waals surface area contributed by atoms with Crippen molar-refractivity contribution in [2.45, 2.75) is 11.8 Å². The van der Waals surface area contributed by atoms with E-state index in [0.29, 0.717) is 16.1 Å².